The number of hydrogen-bond acceptors (Lipinski definition) is 5. The van der Waals surface area contributed by atoms with E-state index in [2.05, 4.69) is 20.6 Å². The molecule has 0 saturated heterocycles. The van der Waals surface area contributed by atoms with Gasteiger partial charge in [0.2, 0.25) is 11.7 Å². The van der Waals surface area contributed by atoms with Crippen molar-refractivity contribution in [3.05, 3.63) is 53.7 Å². The van der Waals surface area contributed by atoms with Crippen LogP contribution in [0.25, 0.3) is 11.4 Å². The zero-order chi connectivity index (χ0) is 18.7. The van der Waals surface area contributed by atoms with Gasteiger partial charge in [0.15, 0.2) is 0 Å². The van der Waals surface area contributed by atoms with Gasteiger partial charge in [-0.15, -0.1) is 0 Å². The molecule has 2 aromatic heterocycles. The number of halogens is 2. The fraction of sp³-hybridized carbons (Fsp3) is 0.294. The van der Waals surface area contributed by atoms with E-state index >= 15 is 0 Å². The molecule has 26 heavy (non-hydrogen) atoms. The summed E-state index contributed by atoms with van der Waals surface area (Å²) in [6.07, 6.45) is -1.31. The van der Waals surface area contributed by atoms with Crippen LogP contribution in [0.5, 0.6) is 0 Å². The van der Waals surface area contributed by atoms with E-state index in [4.69, 9.17) is 4.52 Å². The van der Waals surface area contributed by atoms with Gasteiger partial charge in [-0.1, -0.05) is 28.9 Å². The molecule has 0 fully saturated rings. The third-order valence-corrected chi connectivity index (χ3v) is 3.70. The Bertz CT molecular complexity index is 906. The van der Waals surface area contributed by atoms with E-state index in [1.54, 1.807) is 6.92 Å². The molecule has 1 amide bonds. The maximum Gasteiger partial charge on any atom is 0.270 e. The number of alkyl halides is 2. The summed E-state index contributed by atoms with van der Waals surface area (Å²) in [5, 5.41) is 10.3. The smallest absolute Gasteiger partial charge is 0.270 e. The maximum atomic E-state index is 12.5. The van der Waals surface area contributed by atoms with Crippen LogP contribution in [-0.4, -0.2) is 32.3 Å². The number of nitrogens with zero attached hydrogens (tertiary/aromatic N) is 4. The van der Waals surface area contributed by atoms with E-state index in [0.29, 0.717) is 5.82 Å². The standard InChI is InChI=1S/C17H17F2N5O2/c1-10-4-3-5-12(8-10)15-22-17(26-23-15)11(2)21-16(25)13-6-7-20-24(13)9-14(18)19/h3-8,11,14H,9H2,1-2H3,(H,21,25). The SMILES string of the molecule is Cc1cccc(-c2noc(C(C)NC(=O)c3ccnn3CC(F)F)n2)c1. The number of benzene rings is 1. The summed E-state index contributed by atoms with van der Waals surface area (Å²) < 4.78 is 31.2. The van der Waals surface area contributed by atoms with E-state index < -0.39 is 24.9 Å². The fourth-order valence-electron chi connectivity index (χ4n) is 2.45. The van der Waals surface area contributed by atoms with Crippen LogP contribution >= 0.6 is 0 Å². The summed E-state index contributed by atoms with van der Waals surface area (Å²) in [5.74, 6) is 0.0771. The zero-order valence-electron chi connectivity index (χ0n) is 14.2. The van der Waals surface area contributed by atoms with Gasteiger partial charge in [0.05, 0.1) is 0 Å². The van der Waals surface area contributed by atoms with Gasteiger partial charge in [-0.25, -0.2) is 8.78 Å². The summed E-state index contributed by atoms with van der Waals surface area (Å²) in [6.45, 7) is 2.97. The van der Waals surface area contributed by atoms with Gasteiger partial charge in [-0.3, -0.25) is 9.48 Å². The predicted molar refractivity (Wildman–Crippen MR) is 88.6 cm³/mol. The van der Waals surface area contributed by atoms with Crippen LogP contribution in [0.3, 0.4) is 0 Å². The van der Waals surface area contributed by atoms with Crippen LogP contribution < -0.4 is 5.32 Å². The quantitative estimate of drug-likeness (QED) is 0.729. The summed E-state index contributed by atoms with van der Waals surface area (Å²) in [5.41, 5.74) is 1.90. The highest BCUT2D eigenvalue weighted by atomic mass is 19.3. The van der Waals surface area contributed by atoms with Crippen molar-refractivity contribution in [2.75, 3.05) is 0 Å². The van der Waals surface area contributed by atoms with Gasteiger partial charge < -0.3 is 9.84 Å². The van der Waals surface area contributed by atoms with E-state index in [1.807, 2.05) is 31.2 Å². The van der Waals surface area contributed by atoms with Crippen molar-refractivity contribution in [2.45, 2.75) is 32.9 Å². The second kappa shape index (κ2) is 7.42. The lowest BCUT2D eigenvalue weighted by atomic mass is 10.1. The molecule has 0 bridgehead atoms. The van der Waals surface area contributed by atoms with Crippen molar-refractivity contribution in [1.82, 2.24) is 25.2 Å². The lowest BCUT2D eigenvalue weighted by molar-refractivity contribution is 0.0903. The number of carbonyl (C=O) groups is 1. The van der Waals surface area contributed by atoms with Gasteiger partial charge in [-0.2, -0.15) is 10.1 Å². The highest BCUT2D eigenvalue weighted by Gasteiger charge is 2.21. The first kappa shape index (κ1) is 17.7. The first-order valence-corrected chi connectivity index (χ1v) is 7.95. The number of aryl methyl sites for hydroxylation is 1. The molecule has 0 saturated carbocycles. The Kier molecular flexibility index (Phi) is 5.06. The monoisotopic (exact) mass is 361 g/mol. The van der Waals surface area contributed by atoms with Crippen LogP contribution in [0.1, 0.15) is 34.9 Å². The third kappa shape index (κ3) is 3.93. The molecule has 0 aliphatic heterocycles. The molecule has 1 N–H and O–H groups in total. The molecular formula is C17H17F2N5O2. The maximum absolute atomic E-state index is 12.5. The van der Waals surface area contributed by atoms with Crippen LogP contribution in [0.4, 0.5) is 8.78 Å². The molecule has 1 aromatic carbocycles. The number of aromatic nitrogens is 4. The van der Waals surface area contributed by atoms with Gasteiger partial charge in [0.25, 0.3) is 12.3 Å². The molecule has 0 aliphatic carbocycles. The molecule has 0 radical (unpaired) electrons. The first-order chi connectivity index (χ1) is 12.4. The average molecular weight is 361 g/mol. The first-order valence-electron chi connectivity index (χ1n) is 7.95. The number of hydrogen-bond donors (Lipinski definition) is 1. The lowest BCUT2D eigenvalue weighted by Gasteiger charge is -2.11. The highest BCUT2D eigenvalue weighted by molar-refractivity contribution is 5.92. The minimum absolute atomic E-state index is 0.0376. The normalized spacial score (nSPS) is 12.3. The van der Waals surface area contributed by atoms with Crippen LogP contribution in [0, 0.1) is 6.92 Å². The van der Waals surface area contributed by atoms with Crippen molar-refractivity contribution in [3.8, 4) is 11.4 Å². The second-order valence-electron chi connectivity index (χ2n) is 5.81. The zero-order valence-corrected chi connectivity index (χ0v) is 14.2. The fourth-order valence-corrected chi connectivity index (χ4v) is 2.45. The molecule has 0 spiro atoms. The minimum atomic E-state index is -2.60. The minimum Gasteiger partial charge on any atom is -0.339 e. The van der Waals surface area contributed by atoms with E-state index in [1.165, 1.54) is 12.3 Å². The number of nitrogens with one attached hydrogen (secondary N) is 1. The Labute approximate surface area is 148 Å². The van der Waals surface area contributed by atoms with E-state index in [0.717, 1.165) is 15.8 Å². The number of carbonyl (C=O) groups excluding carboxylic acids is 1. The lowest BCUT2D eigenvalue weighted by Crippen LogP contribution is -2.29. The molecule has 2 heterocycles. The average Bonchev–Trinajstić information content (AvgIpc) is 3.23. The molecule has 1 unspecified atom stereocenters. The van der Waals surface area contributed by atoms with Crippen molar-refractivity contribution in [3.63, 3.8) is 0 Å². The molecule has 7 nitrogen and oxygen atoms in total. The Hall–Kier alpha value is -3.10. The topological polar surface area (TPSA) is 85.8 Å². The van der Waals surface area contributed by atoms with Gasteiger partial charge in [0, 0.05) is 11.8 Å². The molecule has 3 rings (SSSR count). The number of rotatable bonds is 6. The summed E-state index contributed by atoms with van der Waals surface area (Å²) in [6, 6.07) is 8.39. The van der Waals surface area contributed by atoms with Crippen molar-refractivity contribution in [1.29, 1.82) is 0 Å². The molecule has 0 aliphatic rings. The Morgan fingerprint density at radius 3 is 2.88 bits per heavy atom. The summed E-state index contributed by atoms with van der Waals surface area (Å²) >= 11 is 0. The predicted octanol–water partition coefficient (Wildman–Crippen LogP) is 3.00. The molecular weight excluding hydrogens is 344 g/mol. The van der Waals surface area contributed by atoms with E-state index in [9.17, 15) is 13.6 Å². The Morgan fingerprint density at radius 1 is 1.35 bits per heavy atom. The summed E-state index contributed by atoms with van der Waals surface area (Å²) in [4.78, 5) is 16.6. The van der Waals surface area contributed by atoms with Crippen LogP contribution in [0.15, 0.2) is 41.1 Å². The van der Waals surface area contributed by atoms with Crippen LogP contribution in [0.2, 0.25) is 0 Å². The molecule has 9 heteroatoms. The van der Waals surface area contributed by atoms with Gasteiger partial charge in [0.1, 0.15) is 18.3 Å². The van der Waals surface area contributed by atoms with E-state index in [-0.39, 0.29) is 11.6 Å². The molecule has 136 valence electrons. The van der Waals surface area contributed by atoms with Crippen molar-refractivity contribution >= 4 is 5.91 Å². The third-order valence-electron chi connectivity index (χ3n) is 3.70. The largest absolute Gasteiger partial charge is 0.339 e. The Morgan fingerprint density at radius 2 is 2.15 bits per heavy atom. The number of amides is 1. The highest BCUT2D eigenvalue weighted by Crippen LogP contribution is 2.20. The Balaban J connectivity index is 1.72. The van der Waals surface area contributed by atoms with Crippen molar-refractivity contribution < 1.29 is 18.1 Å². The van der Waals surface area contributed by atoms with Gasteiger partial charge in [-0.05, 0) is 26.0 Å². The van der Waals surface area contributed by atoms with Crippen molar-refractivity contribution in [2.24, 2.45) is 0 Å². The molecule has 1 atom stereocenters. The van der Waals surface area contributed by atoms with Gasteiger partial charge >= 0.3 is 0 Å². The second-order valence-corrected chi connectivity index (χ2v) is 5.81. The summed E-state index contributed by atoms with van der Waals surface area (Å²) in [7, 11) is 0. The van der Waals surface area contributed by atoms with Crippen LogP contribution in [-0.2, 0) is 6.54 Å². The molecule has 3 aromatic rings.